The normalized spacial score (nSPS) is 10.6. The molecule has 156 valence electrons. The van der Waals surface area contributed by atoms with Gasteiger partial charge in [0.2, 0.25) is 0 Å². The molecule has 3 aromatic carbocycles. The highest BCUT2D eigenvalue weighted by molar-refractivity contribution is 5.88. The van der Waals surface area contributed by atoms with Gasteiger partial charge in [-0.25, -0.2) is 23.1 Å². The van der Waals surface area contributed by atoms with Gasteiger partial charge in [-0.1, -0.05) is 67.3 Å². The average Bonchev–Trinajstić information content (AvgIpc) is 2.77. The van der Waals surface area contributed by atoms with E-state index in [-0.39, 0.29) is 0 Å². The van der Waals surface area contributed by atoms with E-state index in [9.17, 15) is 0 Å². The molecule has 0 radical (unpaired) electrons. The largest absolute Gasteiger partial charge is 0.365 e. The van der Waals surface area contributed by atoms with E-state index < -0.39 is 10.2 Å². The van der Waals surface area contributed by atoms with E-state index in [0.29, 0.717) is 0 Å². The fraction of sp³-hybridized carbons (Fsp3) is 0.0800. The van der Waals surface area contributed by atoms with Gasteiger partial charge in [0.15, 0.2) is 0 Å². The van der Waals surface area contributed by atoms with Crippen molar-refractivity contribution in [2.75, 3.05) is 0 Å². The van der Waals surface area contributed by atoms with Crippen LogP contribution in [0.5, 0.6) is 0 Å². The number of hydrogen-bond donors (Lipinski definition) is 0. The van der Waals surface area contributed by atoms with Crippen molar-refractivity contribution in [3.63, 3.8) is 0 Å². The molecule has 0 saturated heterocycles. The molecule has 0 bridgehead atoms. The van der Waals surface area contributed by atoms with Crippen LogP contribution in [0.15, 0.2) is 89.3 Å². The molecule has 1 aromatic heterocycles. The van der Waals surface area contributed by atoms with Gasteiger partial charge >= 0.3 is 11.3 Å². The van der Waals surface area contributed by atoms with Crippen molar-refractivity contribution < 1.29 is 33.3 Å². The van der Waals surface area contributed by atoms with Gasteiger partial charge in [0.1, 0.15) is 0 Å². The summed E-state index contributed by atoms with van der Waals surface area (Å²) in [4.78, 5) is 0. The number of para-hydroxylation sites is 1. The van der Waals surface area contributed by atoms with Crippen molar-refractivity contribution in [1.29, 1.82) is 0 Å². The fourth-order valence-corrected chi connectivity index (χ4v) is 3.17. The van der Waals surface area contributed by atoms with Crippen LogP contribution >= 0.6 is 0 Å². The van der Waals surface area contributed by atoms with Gasteiger partial charge in [0.25, 0.3) is 0 Å². The maximum atomic E-state index is 8.49. The fourth-order valence-electron chi connectivity index (χ4n) is 3.17. The highest BCUT2D eigenvalue weighted by atomic mass is 35.7. The first kappa shape index (κ1) is 22.4. The van der Waals surface area contributed by atoms with Gasteiger partial charge < -0.3 is 0 Å². The molecule has 4 rings (SSSR count). The lowest BCUT2D eigenvalue weighted by Gasteiger charge is -2.17. The van der Waals surface area contributed by atoms with E-state index in [0.717, 1.165) is 45.4 Å². The molecule has 0 amide bonds. The standard InChI is InChI=1S/C25H19O.ClHO4/c1-2-21-22(18-17-19-11-5-3-6-12-19)23-15-9-10-16-24(23)26-25(21)20-13-7-4-8-14-20;2-1(3,4)5/h3-16H,2H2,1H3;(H,2,3,4,5)/q+1;/p-1. The second-order valence-electron chi connectivity index (χ2n) is 6.49. The van der Waals surface area contributed by atoms with E-state index in [1.54, 1.807) is 0 Å². The first-order valence-electron chi connectivity index (χ1n) is 9.48. The Kier molecular flexibility index (Phi) is 7.37. The van der Waals surface area contributed by atoms with Crippen molar-refractivity contribution in [2.24, 2.45) is 0 Å². The lowest BCUT2D eigenvalue weighted by atomic mass is 9.97. The summed E-state index contributed by atoms with van der Waals surface area (Å²) < 4.78 is 40.3. The summed E-state index contributed by atoms with van der Waals surface area (Å²) in [5, 5.41) is 1.06. The van der Waals surface area contributed by atoms with Gasteiger partial charge in [0, 0.05) is 11.6 Å². The Morgan fingerprint density at radius 2 is 1.29 bits per heavy atom. The Morgan fingerprint density at radius 1 is 0.742 bits per heavy atom. The van der Waals surface area contributed by atoms with Crippen LogP contribution in [0.1, 0.15) is 23.6 Å². The van der Waals surface area contributed by atoms with Crippen LogP contribution in [-0.2, 0) is 6.42 Å². The van der Waals surface area contributed by atoms with E-state index in [1.807, 2.05) is 66.7 Å². The molecule has 5 nitrogen and oxygen atoms in total. The zero-order valence-electron chi connectivity index (χ0n) is 16.7. The minimum atomic E-state index is -4.94. The quantitative estimate of drug-likeness (QED) is 0.352. The lowest BCUT2D eigenvalue weighted by Crippen LogP contribution is -2.68. The molecule has 0 spiro atoms. The third-order valence-corrected chi connectivity index (χ3v) is 4.44. The Labute approximate surface area is 182 Å². The molecule has 0 fully saturated rings. The highest BCUT2D eigenvalue weighted by Crippen LogP contribution is 2.33. The molecule has 0 aliphatic carbocycles. The van der Waals surface area contributed by atoms with Crippen molar-refractivity contribution in [3.8, 4) is 23.2 Å². The summed E-state index contributed by atoms with van der Waals surface area (Å²) in [5.74, 6) is 7.65. The summed E-state index contributed by atoms with van der Waals surface area (Å²) in [6, 6.07) is 28.5. The third kappa shape index (κ3) is 6.37. The predicted molar refractivity (Wildman–Crippen MR) is 108 cm³/mol. The van der Waals surface area contributed by atoms with Crippen molar-refractivity contribution in [1.82, 2.24) is 0 Å². The van der Waals surface area contributed by atoms with Gasteiger partial charge in [0.05, 0.1) is 22.1 Å². The minimum Gasteiger partial charge on any atom is -0.222 e. The summed E-state index contributed by atoms with van der Waals surface area (Å²) in [6.45, 7) is 2.15. The molecule has 1 heterocycles. The first-order chi connectivity index (χ1) is 14.9. The van der Waals surface area contributed by atoms with Crippen LogP contribution in [0.3, 0.4) is 0 Å². The zero-order chi connectivity index (χ0) is 22.3. The zero-order valence-corrected chi connectivity index (χ0v) is 17.5. The van der Waals surface area contributed by atoms with Gasteiger partial charge in [-0.3, -0.25) is 0 Å². The second kappa shape index (κ2) is 10.2. The van der Waals surface area contributed by atoms with Crippen molar-refractivity contribution in [3.05, 3.63) is 102 Å². The molecule has 4 aromatic rings. The van der Waals surface area contributed by atoms with Gasteiger partial charge in [-0.15, -0.1) is 10.2 Å². The Hall–Kier alpha value is -3.24. The molecule has 31 heavy (non-hydrogen) atoms. The minimum absolute atomic E-state index is 0.858. The Morgan fingerprint density at radius 3 is 1.90 bits per heavy atom. The molecular formula is C25H19ClO5. The molecule has 0 saturated carbocycles. The molecule has 0 atom stereocenters. The van der Waals surface area contributed by atoms with Crippen LogP contribution in [-0.4, -0.2) is 0 Å². The molecule has 0 aliphatic heterocycles. The summed E-state index contributed by atoms with van der Waals surface area (Å²) in [6.07, 6.45) is 0.858. The van der Waals surface area contributed by atoms with Crippen LogP contribution in [0.4, 0.5) is 0 Å². The maximum Gasteiger partial charge on any atom is 0.365 e. The highest BCUT2D eigenvalue weighted by Gasteiger charge is 2.24. The third-order valence-electron chi connectivity index (χ3n) is 4.44. The number of rotatable bonds is 2. The maximum absolute atomic E-state index is 8.49. The predicted octanol–water partition coefficient (Wildman–Crippen LogP) is 1.59. The molecule has 0 N–H and O–H groups in total. The summed E-state index contributed by atoms with van der Waals surface area (Å²) >= 11 is 0. The van der Waals surface area contributed by atoms with Crippen LogP contribution < -0.4 is 18.6 Å². The number of fused-ring (bicyclic) bond motifs is 1. The second-order valence-corrected chi connectivity index (χ2v) is 7.25. The van der Waals surface area contributed by atoms with Gasteiger partial charge in [-0.05, 0) is 36.8 Å². The van der Waals surface area contributed by atoms with E-state index in [1.165, 1.54) is 0 Å². The van der Waals surface area contributed by atoms with Gasteiger partial charge in [-0.2, -0.15) is 0 Å². The van der Waals surface area contributed by atoms with Crippen LogP contribution in [0, 0.1) is 22.1 Å². The molecule has 6 heteroatoms. The van der Waals surface area contributed by atoms with E-state index in [4.69, 9.17) is 23.1 Å². The first-order valence-corrected chi connectivity index (χ1v) is 10.7. The number of hydrogen-bond acceptors (Lipinski definition) is 4. The number of benzene rings is 3. The Balaban J connectivity index is 0.000000491. The molecule has 0 aliphatic rings. The van der Waals surface area contributed by atoms with Crippen molar-refractivity contribution in [2.45, 2.75) is 13.3 Å². The summed E-state index contributed by atoms with van der Waals surface area (Å²) in [7, 11) is -4.94. The summed E-state index contributed by atoms with van der Waals surface area (Å²) in [5.41, 5.74) is 5.16. The smallest absolute Gasteiger partial charge is 0.222 e. The Bertz CT molecular complexity index is 1200. The SMILES string of the molecule is CCc1c(-c2ccccc2)[o+]c2ccccc2c1C#Cc1ccccc1.[O-][Cl+3]([O-])([O-])[O-]. The monoisotopic (exact) mass is 434 g/mol. The molecule has 0 unspecified atom stereocenters. The molecular weight excluding hydrogens is 416 g/mol. The lowest BCUT2D eigenvalue weighted by molar-refractivity contribution is -2.00. The van der Waals surface area contributed by atoms with Crippen molar-refractivity contribution >= 4 is 11.0 Å². The van der Waals surface area contributed by atoms with E-state index >= 15 is 0 Å². The average molecular weight is 435 g/mol. The topological polar surface area (TPSA) is 104 Å². The van der Waals surface area contributed by atoms with Crippen LogP contribution in [0.25, 0.3) is 22.3 Å². The number of halogens is 1. The van der Waals surface area contributed by atoms with Crippen LogP contribution in [0.2, 0.25) is 0 Å². The van der Waals surface area contributed by atoms with E-state index in [2.05, 4.69) is 37.0 Å².